The van der Waals surface area contributed by atoms with Crippen LogP contribution in [0.25, 0.3) is 21.5 Å². The Kier molecular flexibility index (Phi) is 15.5. The van der Waals surface area contributed by atoms with Gasteiger partial charge >= 0.3 is 101 Å². The van der Waals surface area contributed by atoms with E-state index in [2.05, 4.69) is 93.9 Å². The van der Waals surface area contributed by atoms with Crippen LogP contribution >= 0.6 is 0 Å². The van der Waals surface area contributed by atoms with E-state index in [0.29, 0.717) is 0 Å². The molecule has 0 amide bonds. The van der Waals surface area contributed by atoms with E-state index in [1.54, 1.807) is 23.3 Å². The van der Waals surface area contributed by atoms with Gasteiger partial charge in [0.1, 0.15) is 0 Å². The molecule has 0 spiro atoms. The smallest absolute Gasteiger partial charge is 0.0771 e. The minimum atomic E-state index is -1.25. The van der Waals surface area contributed by atoms with E-state index in [0.717, 1.165) is 6.61 Å². The van der Waals surface area contributed by atoms with Gasteiger partial charge in [-0.1, -0.05) is 36.4 Å². The molecular weight excluding hydrogens is 575 g/mol. The predicted molar refractivity (Wildman–Crippen MR) is 142 cm³/mol. The van der Waals surface area contributed by atoms with Crippen molar-refractivity contribution in [2.24, 2.45) is 0 Å². The van der Waals surface area contributed by atoms with Crippen molar-refractivity contribution in [1.82, 2.24) is 0 Å². The molecule has 0 fully saturated rings. The fourth-order valence-electron chi connectivity index (χ4n) is 3.02. The molecule has 0 aliphatic rings. The number of halogens is 2. The first kappa shape index (κ1) is 32.7. The molecule has 178 valence electrons. The summed E-state index contributed by atoms with van der Waals surface area (Å²) in [6.07, 6.45) is 0. The first-order valence-corrected chi connectivity index (χ1v) is 24.3. The summed E-state index contributed by atoms with van der Waals surface area (Å²) in [5.41, 5.74) is 0. The summed E-state index contributed by atoms with van der Waals surface area (Å²) in [7, 11) is -2.09. The Bertz CT molecular complexity index is 1000. The number of fused-ring (bicyclic) bond motifs is 3. The SMILES string of the molecule is C[Si](=[Zr+2])[Si](C)(C)CCO[Si](C)(C)C.[Cl-].[Cl-].c1cc[cH-]c1.c1ccc2c(c1)[cH-]c1ccccc12. The molecule has 0 N–H and O–H groups in total. The summed E-state index contributed by atoms with van der Waals surface area (Å²) >= 11 is 1.80. The topological polar surface area (TPSA) is 9.23 Å². The predicted octanol–water partition coefficient (Wildman–Crippen LogP) is 1.92. The number of benzene rings is 2. The monoisotopic (exact) mass is 608 g/mol. The van der Waals surface area contributed by atoms with Crippen LogP contribution in [0.2, 0.25) is 45.3 Å². The fraction of sp³-hybridized carbons (Fsp3) is 0.308. The summed E-state index contributed by atoms with van der Waals surface area (Å²) < 4.78 is 5.92. The second kappa shape index (κ2) is 15.7. The zero-order valence-electron chi connectivity index (χ0n) is 20.7. The maximum Gasteiger partial charge on any atom is -0.0771 e. The van der Waals surface area contributed by atoms with E-state index in [4.69, 9.17) is 4.43 Å². The van der Waals surface area contributed by atoms with Gasteiger partial charge < -0.3 is 24.8 Å². The zero-order chi connectivity index (χ0) is 22.9. The van der Waals surface area contributed by atoms with Gasteiger partial charge in [0.15, 0.2) is 0 Å². The van der Waals surface area contributed by atoms with Gasteiger partial charge in [0.2, 0.25) is 0 Å². The van der Waals surface area contributed by atoms with Gasteiger partial charge in [-0.3, -0.25) is 0 Å². The Morgan fingerprint density at radius 2 is 1.24 bits per heavy atom. The standard InChI is InChI=1S/C13H9.C8H22OSi3.C5H5.2ClH.Zr/c1-3-7-12-10(5-1)9-11-6-2-4-8-13(11)12;1-10-12(5,6)8-7-9-11(2,3)4;1-2-4-5-3-1;;;/h1-9H;7-8H2,1-6H3;1-5H;2*1H;/q-1;;-1;;;+2/p-2. The summed E-state index contributed by atoms with van der Waals surface area (Å²) in [5, 5.41) is 5.39. The van der Waals surface area contributed by atoms with E-state index >= 15 is 0 Å². The van der Waals surface area contributed by atoms with Crippen molar-refractivity contribution < 1.29 is 52.6 Å². The summed E-state index contributed by atoms with van der Waals surface area (Å²) in [6.45, 7) is 15.4. The third-order valence-electron chi connectivity index (χ3n) is 5.36. The Hall–Kier alpha value is -0.266. The van der Waals surface area contributed by atoms with Crippen LogP contribution in [-0.4, -0.2) is 27.5 Å². The largest absolute Gasteiger partial charge is 1.00 e. The maximum absolute atomic E-state index is 5.92. The molecule has 0 bridgehead atoms. The Balaban J connectivity index is 0.000000489. The first-order valence-electron chi connectivity index (χ1n) is 11.0. The van der Waals surface area contributed by atoms with Gasteiger partial charge in [-0.25, -0.2) is 12.1 Å². The molecule has 0 unspecified atom stereocenters. The quantitative estimate of drug-likeness (QED) is 0.248. The number of rotatable bonds is 5. The van der Waals surface area contributed by atoms with Crippen LogP contribution in [0.5, 0.6) is 0 Å². The van der Waals surface area contributed by atoms with E-state index in [1.807, 2.05) is 30.3 Å². The summed E-state index contributed by atoms with van der Waals surface area (Å²) in [5.74, 6) is 0. The fourth-order valence-corrected chi connectivity index (χ4v) is 9.13. The second-order valence-electron chi connectivity index (χ2n) is 9.50. The molecule has 4 rings (SSSR count). The molecule has 0 aliphatic heterocycles. The van der Waals surface area contributed by atoms with Crippen molar-refractivity contribution >= 4 is 42.4 Å². The van der Waals surface area contributed by atoms with Crippen molar-refractivity contribution in [2.45, 2.75) is 45.3 Å². The van der Waals surface area contributed by atoms with Crippen LogP contribution in [0.4, 0.5) is 0 Å². The van der Waals surface area contributed by atoms with Crippen molar-refractivity contribution in [2.75, 3.05) is 6.61 Å². The van der Waals surface area contributed by atoms with Crippen LogP contribution < -0.4 is 24.8 Å². The molecule has 0 saturated heterocycles. The van der Waals surface area contributed by atoms with Gasteiger partial charge in [0.05, 0.1) is 0 Å². The van der Waals surface area contributed by atoms with Crippen molar-refractivity contribution in [3.63, 3.8) is 0 Å². The Labute approximate surface area is 230 Å². The first-order chi connectivity index (χ1) is 14.6. The average Bonchev–Trinajstić information content (AvgIpc) is 3.39. The molecule has 7 heteroatoms. The van der Waals surface area contributed by atoms with Gasteiger partial charge in [-0.2, -0.15) is 18.2 Å². The molecule has 0 radical (unpaired) electrons. The van der Waals surface area contributed by atoms with Gasteiger partial charge in [-0.05, 0) is 0 Å². The van der Waals surface area contributed by atoms with E-state index in [1.165, 1.54) is 27.6 Å². The molecule has 4 aromatic carbocycles. The van der Waals surface area contributed by atoms with Crippen LogP contribution in [0.1, 0.15) is 0 Å². The van der Waals surface area contributed by atoms with Crippen molar-refractivity contribution in [3.05, 3.63) is 84.9 Å². The van der Waals surface area contributed by atoms with Gasteiger partial charge in [0, 0.05) is 0 Å². The van der Waals surface area contributed by atoms with Gasteiger partial charge in [-0.15, -0.1) is 39.7 Å². The maximum atomic E-state index is 5.92. The van der Waals surface area contributed by atoms with Crippen LogP contribution in [-0.2, 0) is 27.8 Å². The molecule has 1 nitrogen and oxygen atoms in total. The Morgan fingerprint density at radius 1 is 0.788 bits per heavy atom. The molecule has 0 atom stereocenters. The molecule has 4 aromatic rings. The third kappa shape index (κ3) is 11.8. The summed E-state index contributed by atoms with van der Waals surface area (Å²) in [6, 6.07) is 30.7. The van der Waals surface area contributed by atoms with E-state index in [9.17, 15) is 0 Å². The van der Waals surface area contributed by atoms with E-state index < -0.39 is 15.9 Å². The minimum Gasteiger partial charge on any atom is -1.00 e. The minimum absolute atomic E-state index is 0. The number of hydrogen-bond acceptors (Lipinski definition) is 1. The van der Waals surface area contributed by atoms with Crippen LogP contribution in [0, 0.1) is 0 Å². The average molecular weight is 611 g/mol. The molecule has 0 saturated carbocycles. The molecule has 0 aliphatic carbocycles. The molecular formula is C26H36Cl2OSi3Zr-2. The van der Waals surface area contributed by atoms with Crippen LogP contribution in [0.15, 0.2) is 84.9 Å². The zero-order valence-corrected chi connectivity index (χ0v) is 27.6. The molecule has 0 heterocycles. The Morgan fingerprint density at radius 3 is 1.61 bits per heavy atom. The normalized spacial score (nSPS) is 10.8. The molecule has 33 heavy (non-hydrogen) atoms. The van der Waals surface area contributed by atoms with Gasteiger partial charge in [0.25, 0.3) is 0 Å². The van der Waals surface area contributed by atoms with Crippen molar-refractivity contribution in [1.29, 1.82) is 0 Å². The van der Waals surface area contributed by atoms with E-state index in [-0.39, 0.29) is 29.8 Å². The van der Waals surface area contributed by atoms with Crippen LogP contribution in [0.3, 0.4) is 0 Å². The second-order valence-corrected chi connectivity index (χ2v) is 35.1. The molecule has 0 aromatic heterocycles. The summed E-state index contributed by atoms with van der Waals surface area (Å²) in [4.78, 5) is 0.0361. The third-order valence-corrected chi connectivity index (χ3v) is 31.7. The van der Waals surface area contributed by atoms with Crippen molar-refractivity contribution in [3.8, 4) is 0 Å². The number of hydrogen-bond donors (Lipinski definition) is 0.